The van der Waals surface area contributed by atoms with E-state index in [4.69, 9.17) is 5.41 Å². The highest BCUT2D eigenvalue weighted by molar-refractivity contribution is 5.81. The van der Waals surface area contributed by atoms with Gasteiger partial charge in [-0.25, -0.2) is 0 Å². The molecule has 0 aromatic heterocycles. The van der Waals surface area contributed by atoms with Crippen molar-refractivity contribution >= 4 is 11.7 Å². The number of hydrogen-bond donors (Lipinski definition) is 1. The molecule has 3 saturated carbocycles. The van der Waals surface area contributed by atoms with E-state index in [1.807, 2.05) is 0 Å². The molecule has 4 nitrogen and oxygen atoms in total. The standard InChI is InChI=1S/C24H41N3O/c1-6-27(7-2)22(28)19-10-9-17-16-8-11-20-24(4,15-13-21(25)26(20)5)18(16)12-14-23(17,19)3/h16-20,25H,6-15H2,1-5H3/t16?,17?,18?,19-,20?,23?,24?/m1/s1. The van der Waals surface area contributed by atoms with E-state index in [-0.39, 0.29) is 11.3 Å². The van der Waals surface area contributed by atoms with Crippen LogP contribution in [0.5, 0.6) is 0 Å². The minimum Gasteiger partial charge on any atom is -0.360 e. The molecule has 1 aliphatic heterocycles. The second-order valence-electron chi connectivity index (χ2n) is 10.7. The fourth-order valence-corrected chi connectivity index (χ4v) is 8.34. The summed E-state index contributed by atoms with van der Waals surface area (Å²) in [5.74, 6) is 3.80. The minimum absolute atomic E-state index is 0.206. The Labute approximate surface area is 171 Å². The maximum atomic E-state index is 13.3. The van der Waals surface area contributed by atoms with E-state index in [1.54, 1.807) is 0 Å². The summed E-state index contributed by atoms with van der Waals surface area (Å²) in [6, 6.07) is 0.550. The van der Waals surface area contributed by atoms with Crippen LogP contribution in [0.2, 0.25) is 0 Å². The second kappa shape index (κ2) is 7.02. The Morgan fingerprint density at radius 2 is 1.71 bits per heavy atom. The highest BCUT2D eigenvalue weighted by atomic mass is 16.2. The van der Waals surface area contributed by atoms with E-state index in [1.165, 1.54) is 38.5 Å². The van der Waals surface area contributed by atoms with Crippen molar-refractivity contribution in [1.82, 2.24) is 9.80 Å². The maximum Gasteiger partial charge on any atom is 0.226 e. The first-order chi connectivity index (χ1) is 13.3. The molecule has 4 fully saturated rings. The van der Waals surface area contributed by atoms with Gasteiger partial charge >= 0.3 is 0 Å². The molecule has 6 unspecified atom stereocenters. The zero-order valence-electron chi connectivity index (χ0n) is 18.8. The van der Waals surface area contributed by atoms with Gasteiger partial charge in [-0.05, 0) is 87.4 Å². The molecule has 1 heterocycles. The summed E-state index contributed by atoms with van der Waals surface area (Å²) in [5.41, 5.74) is 0.557. The van der Waals surface area contributed by atoms with Gasteiger partial charge in [0.1, 0.15) is 0 Å². The fraction of sp³-hybridized carbons (Fsp3) is 0.917. The van der Waals surface area contributed by atoms with Crippen LogP contribution >= 0.6 is 0 Å². The number of amidine groups is 1. The van der Waals surface area contributed by atoms with Crippen LogP contribution in [-0.2, 0) is 4.79 Å². The Kier molecular flexibility index (Phi) is 5.07. The van der Waals surface area contributed by atoms with Crippen molar-refractivity contribution in [2.45, 2.75) is 85.1 Å². The van der Waals surface area contributed by atoms with Gasteiger partial charge in [0, 0.05) is 38.5 Å². The van der Waals surface area contributed by atoms with Crippen molar-refractivity contribution < 1.29 is 4.79 Å². The van der Waals surface area contributed by atoms with E-state index < -0.39 is 0 Å². The highest BCUT2D eigenvalue weighted by Gasteiger charge is 2.62. The molecule has 1 amide bonds. The summed E-state index contributed by atoms with van der Waals surface area (Å²) in [6.45, 7) is 10.9. The lowest BCUT2D eigenvalue weighted by molar-refractivity contribution is -0.145. The molecule has 4 rings (SSSR count). The number of amides is 1. The molecular formula is C24H41N3O. The monoisotopic (exact) mass is 387 g/mol. The summed E-state index contributed by atoms with van der Waals surface area (Å²) >= 11 is 0. The highest BCUT2D eigenvalue weighted by Crippen LogP contribution is 2.66. The first-order valence-corrected chi connectivity index (χ1v) is 11.9. The zero-order valence-corrected chi connectivity index (χ0v) is 18.8. The smallest absolute Gasteiger partial charge is 0.226 e. The fourth-order valence-electron chi connectivity index (χ4n) is 8.34. The van der Waals surface area contributed by atoms with Crippen LogP contribution in [0.1, 0.15) is 79.1 Å². The third-order valence-corrected chi connectivity index (χ3v) is 9.99. The predicted molar refractivity (Wildman–Crippen MR) is 114 cm³/mol. The Hall–Kier alpha value is -1.06. The minimum atomic E-state index is 0.206. The maximum absolute atomic E-state index is 13.3. The molecule has 158 valence electrons. The number of carbonyl (C=O) groups excluding carboxylic acids is 1. The van der Waals surface area contributed by atoms with Crippen LogP contribution in [0.15, 0.2) is 0 Å². The number of piperidine rings is 1. The van der Waals surface area contributed by atoms with Gasteiger partial charge in [-0.1, -0.05) is 13.8 Å². The van der Waals surface area contributed by atoms with Gasteiger partial charge in [0.25, 0.3) is 0 Å². The van der Waals surface area contributed by atoms with E-state index in [2.05, 4.69) is 44.5 Å². The van der Waals surface area contributed by atoms with Crippen LogP contribution < -0.4 is 0 Å². The van der Waals surface area contributed by atoms with Crippen molar-refractivity contribution in [1.29, 1.82) is 5.41 Å². The van der Waals surface area contributed by atoms with Gasteiger partial charge in [-0.3, -0.25) is 10.2 Å². The third-order valence-electron chi connectivity index (χ3n) is 9.99. The number of likely N-dealkylation sites (tertiary alicyclic amines) is 1. The van der Waals surface area contributed by atoms with Gasteiger partial charge < -0.3 is 9.80 Å². The number of hydrogen-bond acceptors (Lipinski definition) is 2. The second-order valence-corrected chi connectivity index (χ2v) is 10.7. The molecule has 3 aliphatic carbocycles. The molecule has 4 heteroatoms. The van der Waals surface area contributed by atoms with E-state index in [0.29, 0.717) is 17.4 Å². The number of rotatable bonds is 3. The van der Waals surface area contributed by atoms with E-state index in [9.17, 15) is 4.79 Å². The molecule has 0 aromatic carbocycles. The molecule has 1 saturated heterocycles. The van der Waals surface area contributed by atoms with Gasteiger partial charge in [-0.15, -0.1) is 0 Å². The van der Waals surface area contributed by atoms with Crippen molar-refractivity contribution in [3.8, 4) is 0 Å². The van der Waals surface area contributed by atoms with E-state index in [0.717, 1.165) is 49.5 Å². The van der Waals surface area contributed by atoms with Crippen molar-refractivity contribution in [2.24, 2.45) is 34.5 Å². The summed E-state index contributed by atoms with van der Waals surface area (Å²) < 4.78 is 0. The first kappa shape index (κ1) is 20.2. The molecule has 28 heavy (non-hydrogen) atoms. The topological polar surface area (TPSA) is 47.4 Å². The molecule has 7 atom stereocenters. The summed E-state index contributed by atoms with van der Waals surface area (Å²) in [5, 5.41) is 8.32. The predicted octanol–water partition coefficient (Wildman–Crippen LogP) is 4.79. The SMILES string of the molecule is CCN(CC)C(=O)[C@H]1CCC2C3CCC4N(C)C(=N)CCC4(C)C3CCC21C. The molecule has 1 N–H and O–H groups in total. The van der Waals surface area contributed by atoms with Gasteiger partial charge in [0.2, 0.25) is 5.91 Å². The average Bonchev–Trinajstić information content (AvgIpc) is 3.03. The van der Waals surface area contributed by atoms with E-state index >= 15 is 0 Å². The molecule has 0 bridgehead atoms. The number of fused-ring (bicyclic) bond motifs is 5. The van der Waals surface area contributed by atoms with Gasteiger partial charge in [0.05, 0.1) is 5.84 Å². The first-order valence-electron chi connectivity index (χ1n) is 11.9. The van der Waals surface area contributed by atoms with Crippen LogP contribution in [0.25, 0.3) is 0 Å². The molecule has 4 aliphatic rings. The number of carbonyl (C=O) groups is 1. The average molecular weight is 388 g/mol. The summed E-state index contributed by atoms with van der Waals surface area (Å²) in [7, 11) is 2.16. The van der Waals surface area contributed by atoms with Gasteiger partial charge in [-0.2, -0.15) is 0 Å². The third kappa shape index (κ3) is 2.69. The van der Waals surface area contributed by atoms with Crippen LogP contribution in [0.3, 0.4) is 0 Å². The quantitative estimate of drug-likeness (QED) is 0.757. The molecule has 0 radical (unpaired) electrons. The normalized spacial score (nSPS) is 45.2. The number of nitrogens with zero attached hydrogens (tertiary/aromatic N) is 2. The van der Waals surface area contributed by atoms with Gasteiger partial charge in [0.15, 0.2) is 0 Å². The van der Waals surface area contributed by atoms with Crippen LogP contribution in [-0.4, -0.2) is 47.7 Å². The number of nitrogens with one attached hydrogen (secondary N) is 1. The molecule has 0 aromatic rings. The van der Waals surface area contributed by atoms with Crippen molar-refractivity contribution in [3.63, 3.8) is 0 Å². The van der Waals surface area contributed by atoms with Crippen LogP contribution in [0, 0.1) is 39.9 Å². The lowest BCUT2D eigenvalue weighted by atomic mass is 9.47. The molecular weight excluding hydrogens is 346 g/mol. The lowest BCUT2D eigenvalue weighted by Gasteiger charge is -2.62. The van der Waals surface area contributed by atoms with Crippen molar-refractivity contribution in [3.05, 3.63) is 0 Å². The summed E-state index contributed by atoms with van der Waals surface area (Å²) in [4.78, 5) is 17.7. The zero-order chi connectivity index (χ0) is 20.3. The largest absolute Gasteiger partial charge is 0.360 e. The molecule has 0 spiro atoms. The Balaban J connectivity index is 1.58. The van der Waals surface area contributed by atoms with Crippen molar-refractivity contribution in [2.75, 3.05) is 20.1 Å². The summed E-state index contributed by atoms with van der Waals surface area (Å²) in [6.07, 6.45) is 9.53. The Morgan fingerprint density at radius 3 is 2.39 bits per heavy atom. The lowest BCUT2D eigenvalue weighted by Crippen LogP contribution is -2.61. The Morgan fingerprint density at radius 1 is 1.04 bits per heavy atom. The Bertz CT molecular complexity index is 644. The van der Waals surface area contributed by atoms with Crippen LogP contribution in [0.4, 0.5) is 0 Å².